The summed E-state index contributed by atoms with van der Waals surface area (Å²) in [7, 11) is 3.38. The third-order valence-electron chi connectivity index (χ3n) is 12.9. The van der Waals surface area contributed by atoms with Crippen molar-refractivity contribution in [3.63, 3.8) is 0 Å². The quantitative estimate of drug-likeness (QED) is 0.0704. The number of aromatic nitrogens is 6. The number of fused-ring (bicyclic) bond motifs is 2. The fourth-order valence-corrected chi connectivity index (χ4v) is 8.21. The van der Waals surface area contributed by atoms with E-state index in [-0.39, 0.29) is 29.4 Å². The first-order valence-electron chi connectivity index (χ1n) is 23.1. The Kier molecular flexibility index (Phi) is 14.0. The number of carbonyl (C=O) groups excluding carboxylic acids is 2. The number of aliphatic hydroxyl groups is 1. The lowest BCUT2D eigenvalue weighted by Gasteiger charge is -2.24. The first kappa shape index (κ1) is 47.5. The molecule has 9 rings (SSSR count). The Hall–Kier alpha value is -5.99. The van der Waals surface area contributed by atoms with E-state index in [4.69, 9.17) is 31.2 Å². The van der Waals surface area contributed by atoms with E-state index in [1.165, 1.54) is 12.8 Å². The second-order valence-electron chi connectivity index (χ2n) is 19.2. The number of anilines is 2. The fraction of sp³-hybridized carbons (Fsp3) is 0.396. The van der Waals surface area contributed by atoms with Gasteiger partial charge >= 0.3 is 0 Å². The summed E-state index contributed by atoms with van der Waals surface area (Å²) < 4.78 is 14.7. The van der Waals surface area contributed by atoms with E-state index in [0.29, 0.717) is 54.2 Å². The molecule has 14 heteroatoms. The Labute approximate surface area is 397 Å². The molecule has 4 heterocycles. The molecule has 0 amide bonds. The summed E-state index contributed by atoms with van der Waals surface area (Å²) in [4.78, 5) is 34.6. The van der Waals surface area contributed by atoms with E-state index in [1.807, 2.05) is 119 Å². The van der Waals surface area contributed by atoms with Crippen LogP contribution in [0, 0.1) is 25.7 Å². The third kappa shape index (κ3) is 11.1. The van der Waals surface area contributed by atoms with Gasteiger partial charge in [0.15, 0.2) is 28.0 Å². The van der Waals surface area contributed by atoms with Gasteiger partial charge in [0.2, 0.25) is 0 Å². The van der Waals surface area contributed by atoms with E-state index in [2.05, 4.69) is 20.7 Å². The van der Waals surface area contributed by atoms with Crippen LogP contribution in [0.3, 0.4) is 0 Å². The molecule has 13 nitrogen and oxygen atoms in total. The monoisotopic (exact) mass is 924 g/mol. The number of benzene rings is 3. The van der Waals surface area contributed by atoms with Gasteiger partial charge in [-0.05, 0) is 114 Å². The predicted octanol–water partition coefficient (Wildman–Crippen LogP) is 10.9. The maximum Gasteiger partial charge on any atom is 0.177 e. The van der Waals surface area contributed by atoms with Crippen molar-refractivity contribution in [1.82, 2.24) is 29.2 Å². The van der Waals surface area contributed by atoms with Crippen molar-refractivity contribution < 1.29 is 24.2 Å². The van der Waals surface area contributed by atoms with Gasteiger partial charge in [-0.15, -0.1) is 0 Å². The molecule has 3 N–H and O–H groups in total. The van der Waals surface area contributed by atoms with Gasteiger partial charge in [0.1, 0.15) is 0 Å². The van der Waals surface area contributed by atoms with E-state index >= 15 is 0 Å². The molecule has 0 unspecified atom stereocenters. The Morgan fingerprint density at radius 3 is 1.64 bits per heavy atom. The molecule has 0 spiro atoms. The number of hydrogen-bond donors (Lipinski definition) is 3. The first-order chi connectivity index (χ1) is 32.1. The molecule has 67 heavy (non-hydrogen) atoms. The maximum atomic E-state index is 12.7. The second kappa shape index (κ2) is 19.7. The summed E-state index contributed by atoms with van der Waals surface area (Å²) in [6.07, 6.45) is 9.57. The van der Waals surface area contributed by atoms with Crippen molar-refractivity contribution in [3.8, 4) is 33.8 Å². The van der Waals surface area contributed by atoms with Crippen molar-refractivity contribution in [2.24, 2.45) is 11.8 Å². The van der Waals surface area contributed by atoms with Crippen LogP contribution in [0.5, 0.6) is 0 Å². The number of aliphatic hydroxyl groups excluding tert-OH is 1. The normalized spacial score (nSPS) is 14.0. The highest BCUT2D eigenvalue weighted by molar-refractivity contribution is 6.29. The predicted molar refractivity (Wildman–Crippen MR) is 265 cm³/mol. The minimum absolute atomic E-state index is 0.0817. The van der Waals surface area contributed by atoms with Crippen LogP contribution in [0.1, 0.15) is 104 Å². The number of rotatable bonds is 18. The molecule has 0 saturated heterocycles. The van der Waals surface area contributed by atoms with Gasteiger partial charge in [-0.25, -0.2) is 19.0 Å². The fourth-order valence-electron chi connectivity index (χ4n) is 8.02. The number of Topliss-reactive ketones (excluding diaryl/α,β-unsaturated/α-hetero) is 2. The summed E-state index contributed by atoms with van der Waals surface area (Å²) in [5, 5.41) is 26.6. The number of hydrogen-bond acceptors (Lipinski definition) is 11. The minimum Gasteiger partial charge on any atom is -0.392 e. The zero-order valence-corrected chi connectivity index (χ0v) is 40.5. The topological polar surface area (TPSA) is 157 Å². The van der Waals surface area contributed by atoms with Crippen LogP contribution in [-0.4, -0.2) is 84.4 Å². The Bertz CT molecular complexity index is 2950. The molecule has 2 fully saturated rings. The van der Waals surface area contributed by atoms with E-state index in [1.54, 1.807) is 31.0 Å². The minimum atomic E-state index is -0.376. The van der Waals surface area contributed by atoms with Gasteiger partial charge in [-0.1, -0.05) is 60.1 Å². The lowest BCUT2D eigenvalue weighted by atomic mass is 9.98. The van der Waals surface area contributed by atoms with Crippen LogP contribution in [-0.2, 0) is 16.1 Å². The number of methoxy groups -OCH3 is 2. The highest BCUT2D eigenvalue weighted by atomic mass is 35.5. The number of ether oxygens (including phenoxy) is 2. The smallest absolute Gasteiger partial charge is 0.177 e. The summed E-state index contributed by atoms with van der Waals surface area (Å²) >= 11 is 6.30. The molecule has 0 atom stereocenters. The summed E-state index contributed by atoms with van der Waals surface area (Å²) in [5.74, 6) is 1.59. The van der Waals surface area contributed by atoms with Gasteiger partial charge in [0.25, 0.3) is 0 Å². The molecule has 2 saturated carbocycles. The summed E-state index contributed by atoms with van der Waals surface area (Å²) in [5.41, 5.74) is 11.7. The number of aryl methyl sites for hydroxylation is 2. The van der Waals surface area contributed by atoms with Gasteiger partial charge in [0, 0.05) is 74.0 Å². The van der Waals surface area contributed by atoms with Crippen LogP contribution >= 0.6 is 11.6 Å². The standard InChI is InChI=1S/C30H34N4O3.C23H27ClN4O2/c1-19-13-21(11-12-23(19)28(36)14-20-9-10-20)27-16-31-29-26(32-18-30(2,3)37-4)15-25(33-34(27)29)24-8-6-5-7-22(24)17-35;1-14-9-16(7-8-17(14)20(29)10-15-5-6-15)19-12-25-22-18(11-21(24)27-28(19)22)26-13-23(2,3)30-4/h5-8,11-13,15-16,20,32,35H,9-10,14,17-18H2,1-4H3;7-9,11-12,15,26H,5-6,10,13H2,1-4H3. The number of carbonyl (C=O) groups is 2. The molecule has 0 radical (unpaired) electrons. The highest BCUT2D eigenvalue weighted by Crippen LogP contribution is 2.36. The van der Waals surface area contributed by atoms with Crippen molar-refractivity contribution >= 4 is 45.8 Å². The van der Waals surface area contributed by atoms with Gasteiger partial charge in [0.05, 0.1) is 58.7 Å². The Balaban J connectivity index is 0.000000186. The molecular formula is C53H61ClN8O5. The molecule has 0 aliphatic heterocycles. The van der Waals surface area contributed by atoms with Gasteiger partial charge in [-0.2, -0.15) is 10.2 Å². The van der Waals surface area contributed by atoms with E-state index in [9.17, 15) is 14.7 Å². The molecular weight excluding hydrogens is 864 g/mol. The number of imidazole rings is 2. The molecule has 2 aliphatic rings. The summed E-state index contributed by atoms with van der Waals surface area (Å²) in [6, 6.07) is 23.3. The average Bonchev–Trinajstić information content (AvgIpc) is 4.23. The summed E-state index contributed by atoms with van der Waals surface area (Å²) in [6.45, 7) is 13.1. The molecule has 4 aromatic heterocycles. The van der Waals surface area contributed by atoms with Crippen LogP contribution in [0.2, 0.25) is 5.15 Å². The van der Waals surface area contributed by atoms with E-state index in [0.717, 1.165) is 85.8 Å². The van der Waals surface area contributed by atoms with Crippen molar-refractivity contribution in [1.29, 1.82) is 0 Å². The largest absolute Gasteiger partial charge is 0.392 e. The van der Waals surface area contributed by atoms with Crippen molar-refractivity contribution in [2.75, 3.05) is 37.9 Å². The number of ketones is 2. The van der Waals surface area contributed by atoms with Crippen molar-refractivity contribution in [2.45, 2.75) is 97.9 Å². The average molecular weight is 926 g/mol. The van der Waals surface area contributed by atoms with Gasteiger partial charge in [-0.3, -0.25) is 9.59 Å². The third-order valence-corrected chi connectivity index (χ3v) is 13.1. The number of nitrogens with zero attached hydrogens (tertiary/aromatic N) is 6. The zero-order chi connectivity index (χ0) is 47.6. The van der Waals surface area contributed by atoms with Crippen LogP contribution in [0.4, 0.5) is 11.4 Å². The molecule has 2 aliphatic carbocycles. The molecule has 0 bridgehead atoms. The zero-order valence-electron chi connectivity index (χ0n) is 39.7. The number of nitrogens with one attached hydrogen (secondary N) is 2. The Morgan fingerprint density at radius 1 is 0.701 bits per heavy atom. The SMILES string of the molecule is COC(C)(C)CNc1cc(-c2ccccc2CO)nn2c(-c3ccc(C(=O)CC4CC4)c(C)c3)cnc12.COC(C)(C)CNc1cc(Cl)nn2c(-c3ccc(C(=O)CC4CC4)c(C)c3)cnc12. The maximum absolute atomic E-state index is 12.7. The molecule has 7 aromatic rings. The number of halogens is 1. The highest BCUT2D eigenvalue weighted by Gasteiger charge is 2.27. The lowest BCUT2D eigenvalue weighted by molar-refractivity contribution is 0.0341. The molecule has 350 valence electrons. The molecule has 3 aromatic carbocycles. The van der Waals surface area contributed by atoms with Gasteiger partial charge < -0.3 is 25.2 Å². The van der Waals surface area contributed by atoms with E-state index < -0.39 is 0 Å². The first-order valence-corrected chi connectivity index (χ1v) is 23.4. The lowest BCUT2D eigenvalue weighted by Crippen LogP contribution is -2.32. The Morgan fingerprint density at radius 2 is 1.18 bits per heavy atom. The van der Waals surface area contributed by atoms with Crippen LogP contribution in [0.15, 0.2) is 85.2 Å². The van der Waals surface area contributed by atoms with Crippen LogP contribution < -0.4 is 10.6 Å². The second-order valence-corrected chi connectivity index (χ2v) is 19.6. The van der Waals surface area contributed by atoms with Crippen molar-refractivity contribution in [3.05, 3.63) is 118 Å². The van der Waals surface area contributed by atoms with Crippen LogP contribution in [0.25, 0.3) is 45.1 Å².